The molecule has 6 rings (SSSR count). The summed E-state index contributed by atoms with van der Waals surface area (Å²) in [4.78, 5) is 12.9. The normalized spacial score (nSPS) is 30.7. The van der Waals surface area contributed by atoms with Crippen LogP contribution in [-0.4, -0.2) is 18.7 Å². The highest BCUT2D eigenvalue weighted by Crippen LogP contribution is 2.67. The summed E-state index contributed by atoms with van der Waals surface area (Å²) in [7, 11) is 0. The lowest BCUT2D eigenvalue weighted by Gasteiger charge is -2.58. The second-order valence-electron chi connectivity index (χ2n) is 17.5. The molecule has 0 N–H and O–H groups in total. The molecule has 4 aliphatic rings. The van der Waals surface area contributed by atoms with Gasteiger partial charge in [-0.15, -0.1) is 0 Å². The number of carbonyl (C=O) groups is 1. The van der Waals surface area contributed by atoms with Crippen LogP contribution in [0.5, 0.6) is 5.75 Å². The van der Waals surface area contributed by atoms with E-state index in [1.54, 1.807) is 5.57 Å². The maximum Gasteiger partial charge on any atom is 0.306 e. The molecule has 3 fully saturated rings. The first-order valence-electron chi connectivity index (χ1n) is 20.2. The first kappa shape index (κ1) is 36.7. The lowest BCUT2D eigenvalue weighted by Crippen LogP contribution is -2.51. The summed E-state index contributed by atoms with van der Waals surface area (Å²) in [5.74, 6) is 5.93. The molecule has 270 valence electrons. The van der Waals surface area contributed by atoms with Crippen molar-refractivity contribution >= 4 is 5.97 Å². The molecule has 0 unspecified atom stereocenters. The van der Waals surface area contributed by atoms with Crippen molar-refractivity contribution in [3.63, 3.8) is 0 Å². The minimum Gasteiger partial charge on any atom is -0.494 e. The highest BCUT2D eigenvalue weighted by molar-refractivity contribution is 5.69. The summed E-state index contributed by atoms with van der Waals surface area (Å²) in [5, 5.41) is 9.01. The van der Waals surface area contributed by atoms with E-state index in [1.165, 1.54) is 57.8 Å². The van der Waals surface area contributed by atoms with Gasteiger partial charge in [0.1, 0.15) is 11.9 Å². The second-order valence-corrected chi connectivity index (χ2v) is 17.5. The maximum atomic E-state index is 12.9. The fourth-order valence-electron chi connectivity index (χ4n) is 11.2. The van der Waals surface area contributed by atoms with Crippen molar-refractivity contribution in [3.05, 3.63) is 65.7 Å². The summed E-state index contributed by atoms with van der Waals surface area (Å²) < 4.78 is 12.1. The van der Waals surface area contributed by atoms with Crippen molar-refractivity contribution in [1.82, 2.24) is 0 Å². The SMILES string of the molecule is CC(C)CCC[C@@H](C)[C@H]1CC[C@H]2[C@@H]3CC=C4C[C@@H](OC(=O)CCCCCOc5ccc(-c6ccc(C#N)cc6)cc5)CC[C@]4(C)[C@H]3CC[C@]12C. The molecule has 50 heavy (non-hydrogen) atoms. The van der Waals surface area contributed by atoms with E-state index in [0.717, 1.165) is 84.5 Å². The van der Waals surface area contributed by atoms with Gasteiger partial charge in [-0.3, -0.25) is 4.79 Å². The number of nitriles is 1. The molecule has 2 aromatic rings. The van der Waals surface area contributed by atoms with Gasteiger partial charge in [-0.1, -0.05) is 89.8 Å². The fraction of sp³-hybridized carbons (Fsp3) is 0.652. The Hall–Kier alpha value is -3.06. The van der Waals surface area contributed by atoms with E-state index in [1.807, 2.05) is 36.4 Å². The zero-order valence-electron chi connectivity index (χ0n) is 31.7. The molecule has 0 radical (unpaired) electrons. The van der Waals surface area contributed by atoms with Gasteiger partial charge in [0.2, 0.25) is 0 Å². The van der Waals surface area contributed by atoms with Gasteiger partial charge in [0.25, 0.3) is 0 Å². The number of hydrogen-bond donors (Lipinski definition) is 0. The van der Waals surface area contributed by atoms with Crippen LogP contribution in [0.1, 0.15) is 136 Å². The van der Waals surface area contributed by atoms with Gasteiger partial charge in [0, 0.05) is 12.8 Å². The van der Waals surface area contributed by atoms with E-state index in [4.69, 9.17) is 14.7 Å². The molecule has 3 saturated carbocycles. The number of carbonyl (C=O) groups excluding carboxylic acids is 1. The van der Waals surface area contributed by atoms with Crippen LogP contribution in [0.25, 0.3) is 11.1 Å². The Labute approximate surface area is 303 Å². The fourth-order valence-corrected chi connectivity index (χ4v) is 11.2. The van der Waals surface area contributed by atoms with Crippen LogP contribution in [0.15, 0.2) is 60.2 Å². The number of allylic oxidation sites excluding steroid dienone is 1. The Bertz CT molecular complexity index is 1500. The van der Waals surface area contributed by atoms with Gasteiger partial charge >= 0.3 is 5.97 Å². The van der Waals surface area contributed by atoms with Crippen molar-refractivity contribution in [1.29, 1.82) is 5.26 Å². The molecule has 0 saturated heterocycles. The lowest BCUT2D eigenvalue weighted by atomic mass is 9.47. The number of fused-ring (bicyclic) bond motifs is 5. The standard InChI is InChI=1S/C46H63NO3/c1-32(2)10-9-11-33(3)41-23-24-42-40-22-19-37-30-39(25-27-45(37,4)43(40)26-28-46(41,42)5)50-44(48)12-7-6-8-29-49-38-20-17-36(18-21-38)35-15-13-34(31-47)14-16-35/h13-21,32-33,39-43H,6-12,22-30H2,1-5H3/t33-,39+,40+,41-,42+,43+,45+,46-/m1/s1. The summed E-state index contributed by atoms with van der Waals surface area (Å²) >= 11 is 0. The highest BCUT2D eigenvalue weighted by atomic mass is 16.5. The Kier molecular flexibility index (Phi) is 11.8. The molecule has 4 nitrogen and oxygen atoms in total. The summed E-state index contributed by atoms with van der Waals surface area (Å²) in [5.41, 5.74) is 5.27. The molecular weight excluding hydrogens is 615 g/mol. The highest BCUT2D eigenvalue weighted by Gasteiger charge is 2.59. The third kappa shape index (κ3) is 8.03. The zero-order valence-corrected chi connectivity index (χ0v) is 31.7. The van der Waals surface area contributed by atoms with Crippen LogP contribution in [0.2, 0.25) is 0 Å². The summed E-state index contributed by atoms with van der Waals surface area (Å²) in [6.07, 6.45) is 20.1. The van der Waals surface area contributed by atoms with Crippen molar-refractivity contribution in [2.75, 3.05) is 6.61 Å². The Morgan fingerprint density at radius 2 is 1.60 bits per heavy atom. The monoisotopic (exact) mass is 677 g/mol. The van der Waals surface area contributed by atoms with E-state index in [-0.39, 0.29) is 17.5 Å². The topological polar surface area (TPSA) is 59.3 Å². The first-order chi connectivity index (χ1) is 24.1. The maximum absolute atomic E-state index is 12.9. The molecule has 0 bridgehead atoms. The van der Waals surface area contributed by atoms with Gasteiger partial charge in [0.05, 0.1) is 18.2 Å². The number of esters is 1. The lowest BCUT2D eigenvalue weighted by molar-refractivity contribution is -0.151. The van der Waals surface area contributed by atoms with Crippen molar-refractivity contribution in [2.24, 2.45) is 46.3 Å². The molecule has 8 atom stereocenters. The van der Waals surface area contributed by atoms with Gasteiger partial charge in [-0.2, -0.15) is 5.26 Å². The average Bonchev–Trinajstić information content (AvgIpc) is 3.47. The number of benzene rings is 2. The molecule has 2 aromatic carbocycles. The van der Waals surface area contributed by atoms with E-state index >= 15 is 0 Å². The third-order valence-corrected chi connectivity index (χ3v) is 14.1. The van der Waals surface area contributed by atoms with Gasteiger partial charge in [-0.05, 0) is 146 Å². The predicted molar refractivity (Wildman–Crippen MR) is 203 cm³/mol. The zero-order chi connectivity index (χ0) is 35.3. The van der Waals surface area contributed by atoms with Gasteiger partial charge in [0.15, 0.2) is 0 Å². The summed E-state index contributed by atoms with van der Waals surface area (Å²) in [6.45, 7) is 13.2. The molecule has 4 aliphatic carbocycles. The molecular formula is C46H63NO3. The molecule has 0 spiro atoms. The molecule has 0 aliphatic heterocycles. The molecule has 0 heterocycles. The number of nitrogens with zero attached hydrogens (tertiary/aromatic N) is 1. The Morgan fingerprint density at radius 3 is 2.32 bits per heavy atom. The molecule has 0 aromatic heterocycles. The minimum atomic E-state index is -0.0276. The van der Waals surface area contributed by atoms with Crippen molar-refractivity contribution < 1.29 is 14.3 Å². The number of ether oxygens (including phenoxy) is 2. The second kappa shape index (κ2) is 16.1. The van der Waals surface area contributed by atoms with Gasteiger partial charge in [-0.25, -0.2) is 0 Å². The van der Waals surface area contributed by atoms with Gasteiger partial charge < -0.3 is 9.47 Å². The van der Waals surface area contributed by atoms with Crippen LogP contribution in [0.4, 0.5) is 0 Å². The van der Waals surface area contributed by atoms with Crippen LogP contribution in [0, 0.1) is 57.7 Å². The Morgan fingerprint density at radius 1 is 0.860 bits per heavy atom. The minimum absolute atomic E-state index is 0.0276. The van der Waals surface area contributed by atoms with E-state index < -0.39 is 0 Å². The number of rotatable bonds is 14. The number of unbranched alkanes of at least 4 members (excludes halogenated alkanes) is 2. The molecule has 0 amide bonds. The largest absolute Gasteiger partial charge is 0.494 e. The van der Waals surface area contributed by atoms with Crippen LogP contribution >= 0.6 is 0 Å². The number of hydrogen-bond acceptors (Lipinski definition) is 4. The first-order valence-corrected chi connectivity index (χ1v) is 20.2. The van der Waals surface area contributed by atoms with Crippen LogP contribution in [-0.2, 0) is 9.53 Å². The quantitative estimate of drug-likeness (QED) is 0.113. The van der Waals surface area contributed by atoms with E-state index in [9.17, 15) is 4.79 Å². The van der Waals surface area contributed by atoms with Crippen molar-refractivity contribution in [2.45, 2.75) is 137 Å². The van der Waals surface area contributed by atoms with E-state index in [2.05, 4.69) is 58.9 Å². The van der Waals surface area contributed by atoms with Crippen LogP contribution < -0.4 is 4.74 Å². The van der Waals surface area contributed by atoms with E-state index in [0.29, 0.717) is 24.0 Å². The predicted octanol–water partition coefficient (Wildman–Crippen LogP) is 12.1. The van der Waals surface area contributed by atoms with Crippen molar-refractivity contribution in [3.8, 4) is 22.9 Å². The third-order valence-electron chi connectivity index (χ3n) is 14.1. The Balaban J connectivity index is 0.911. The summed E-state index contributed by atoms with van der Waals surface area (Å²) in [6, 6.07) is 17.9. The smallest absolute Gasteiger partial charge is 0.306 e. The molecule has 4 heteroatoms. The average molecular weight is 678 g/mol. The van der Waals surface area contributed by atoms with Crippen LogP contribution in [0.3, 0.4) is 0 Å².